The van der Waals surface area contributed by atoms with E-state index in [1.807, 2.05) is 29.6 Å². The third-order valence-corrected chi connectivity index (χ3v) is 4.52. The first kappa shape index (κ1) is 22.1. The van der Waals surface area contributed by atoms with Crippen LogP contribution >= 0.6 is 0 Å². The van der Waals surface area contributed by atoms with Crippen molar-refractivity contribution in [1.29, 1.82) is 0 Å². The van der Waals surface area contributed by atoms with Crippen molar-refractivity contribution in [2.75, 3.05) is 5.73 Å². The summed E-state index contributed by atoms with van der Waals surface area (Å²) in [5, 5.41) is 8.62. The van der Waals surface area contributed by atoms with Crippen molar-refractivity contribution in [3.63, 3.8) is 0 Å². The van der Waals surface area contributed by atoms with E-state index >= 15 is 0 Å². The number of rotatable bonds is 2. The minimum Gasteiger partial charge on any atom is -0.382 e. The maximum absolute atomic E-state index is 11.5. The summed E-state index contributed by atoms with van der Waals surface area (Å²) in [6.45, 7) is 12.1. The summed E-state index contributed by atoms with van der Waals surface area (Å²) in [6.07, 6.45) is 0. The van der Waals surface area contributed by atoms with Gasteiger partial charge in [0.2, 0.25) is 0 Å². The molecule has 8 nitrogen and oxygen atoms in total. The van der Waals surface area contributed by atoms with E-state index in [-0.39, 0.29) is 13.0 Å². The molecule has 0 atom stereocenters. The molecule has 4 heterocycles. The van der Waals surface area contributed by atoms with Gasteiger partial charge < -0.3 is 10.7 Å². The zero-order valence-electron chi connectivity index (χ0n) is 17.2. The second-order valence-corrected chi connectivity index (χ2v) is 7.50. The summed E-state index contributed by atoms with van der Waals surface area (Å²) >= 11 is 0. The molecule has 0 unspecified atom stereocenters. The Morgan fingerprint density at radius 2 is 1.41 bits per heavy atom. The van der Waals surface area contributed by atoms with Crippen molar-refractivity contribution >= 4 is 16.9 Å². The van der Waals surface area contributed by atoms with E-state index in [9.17, 15) is 4.79 Å². The van der Waals surface area contributed by atoms with Crippen molar-refractivity contribution < 1.29 is 0 Å². The molecule has 29 heavy (non-hydrogen) atoms. The van der Waals surface area contributed by atoms with E-state index in [0.717, 1.165) is 16.9 Å². The third kappa shape index (κ3) is 4.31. The van der Waals surface area contributed by atoms with Gasteiger partial charge in [-0.15, -0.1) is 0 Å². The fourth-order valence-electron chi connectivity index (χ4n) is 3.15. The number of nitrogens with two attached hydrogens (primary N) is 1. The van der Waals surface area contributed by atoms with Crippen LogP contribution in [0, 0.1) is 13.8 Å². The summed E-state index contributed by atoms with van der Waals surface area (Å²) in [4.78, 5) is 18.3. The van der Waals surface area contributed by atoms with Crippen LogP contribution in [0.15, 0.2) is 29.1 Å². The second kappa shape index (κ2) is 8.46. The Morgan fingerprint density at radius 3 is 1.97 bits per heavy atom. The average molecular weight is 398 g/mol. The van der Waals surface area contributed by atoms with Gasteiger partial charge in [0.05, 0.1) is 0 Å². The average Bonchev–Trinajstić information content (AvgIpc) is 3.19. The number of nitrogens with zero attached hydrogens (tertiary/aromatic N) is 5. The molecule has 0 bridgehead atoms. The molecule has 4 aromatic heterocycles. The molecular formula is C21H31N7O. The van der Waals surface area contributed by atoms with E-state index < -0.39 is 0 Å². The van der Waals surface area contributed by atoms with Crippen LogP contribution in [0.5, 0.6) is 0 Å². The fraction of sp³-hybridized carbons (Fsp3) is 0.429. The molecule has 0 spiro atoms. The Labute approximate surface area is 170 Å². The van der Waals surface area contributed by atoms with Crippen LogP contribution in [-0.2, 0) is 0 Å². The highest BCUT2D eigenvalue weighted by Gasteiger charge is 2.10. The lowest BCUT2D eigenvalue weighted by molar-refractivity contribution is 0.733. The molecule has 156 valence electrons. The Morgan fingerprint density at radius 1 is 0.897 bits per heavy atom. The summed E-state index contributed by atoms with van der Waals surface area (Å²) < 4.78 is 3.60. The fourth-order valence-corrected chi connectivity index (χ4v) is 3.15. The largest absolute Gasteiger partial charge is 0.382 e. The van der Waals surface area contributed by atoms with Gasteiger partial charge in [-0.25, -0.2) is 14.0 Å². The van der Waals surface area contributed by atoms with E-state index in [2.05, 4.69) is 47.9 Å². The molecule has 0 saturated heterocycles. The first-order valence-corrected chi connectivity index (χ1v) is 9.39. The Balaban J connectivity index is 0.000000200. The highest BCUT2D eigenvalue weighted by molar-refractivity contribution is 5.65. The standard InChI is InChI=1S/C10H14N4.C10H13N3O.CH4/c1-6(2)8-4-5-9-10(11)12-7(3)13-14(8)9;1-6(2)8-4-5-9-10(14)11-7(3)12-13(8)9;/h4-6H,1-3H3,(H2,11,12,13);4-6H,1-3H3,(H,11,12,14);1H4. The minimum atomic E-state index is -0.0793. The summed E-state index contributed by atoms with van der Waals surface area (Å²) in [7, 11) is 0. The lowest BCUT2D eigenvalue weighted by Gasteiger charge is -2.06. The van der Waals surface area contributed by atoms with E-state index in [4.69, 9.17) is 5.73 Å². The molecule has 0 amide bonds. The van der Waals surface area contributed by atoms with E-state index in [1.165, 1.54) is 0 Å². The number of aromatic amines is 1. The number of aryl methyl sites for hydroxylation is 2. The van der Waals surface area contributed by atoms with E-state index in [0.29, 0.717) is 34.8 Å². The maximum atomic E-state index is 11.5. The van der Waals surface area contributed by atoms with Crippen LogP contribution in [0.4, 0.5) is 5.82 Å². The molecule has 4 aromatic rings. The minimum absolute atomic E-state index is 0. The molecule has 4 rings (SSSR count). The smallest absolute Gasteiger partial charge is 0.275 e. The first-order chi connectivity index (χ1) is 13.2. The highest BCUT2D eigenvalue weighted by atomic mass is 16.1. The number of hydrogen-bond donors (Lipinski definition) is 2. The summed E-state index contributed by atoms with van der Waals surface area (Å²) in [5.74, 6) is 2.69. The van der Waals surface area contributed by atoms with Gasteiger partial charge in [0, 0.05) is 11.4 Å². The van der Waals surface area contributed by atoms with Gasteiger partial charge in [0.25, 0.3) is 5.56 Å². The van der Waals surface area contributed by atoms with Crippen molar-refractivity contribution in [3.8, 4) is 0 Å². The van der Waals surface area contributed by atoms with Gasteiger partial charge in [-0.2, -0.15) is 10.2 Å². The van der Waals surface area contributed by atoms with Gasteiger partial charge in [-0.05, 0) is 49.9 Å². The van der Waals surface area contributed by atoms with Crippen molar-refractivity contribution in [2.24, 2.45) is 0 Å². The van der Waals surface area contributed by atoms with Gasteiger partial charge in [0.1, 0.15) is 22.7 Å². The molecule has 0 fully saturated rings. The van der Waals surface area contributed by atoms with Crippen LogP contribution < -0.4 is 11.3 Å². The number of nitrogens with one attached hydrogen (secondary N) is 1. The number of H-pyrrole nitrogens is 1. The number of aromatic nitrogens is 6. The van der Waals surface area contributed by atoms with Gasteiger partial charge in [-0.3, -0.25) is 4.79 Å². The molecule has 8 heteroatoms. The zero-order valence-corrected chi connectivity index (χ0v) is 17.2. The SMILES string of the molecule is C.Cc1nc(N)c2ccc(C(C)C)n2n1.Cc1nn2c(C(C)C)ccc2c(=O)[nH]1. The van der Waals surface area contributed by atoms with Crippen molar-refractivity contribution in [3.05, 3.63) is 57.7 Å². The lowest BCUT2D eigenvalue weighted by atomic mass is 10.1. The van der Waals surface area contributed by atoms with Crippen molar-refractivity contribution in [2.45, 2.75) is 60.8 Å². The van der Waals surface area contributed by atoms with E-state index in [1.54, 1.807) is 17.5 Å². The molecule has 3 N–H and O–H groups in total. The lowest BCUT2D eigenvalue weighted by Crippen LogP contribution is -2.15. The molecule has 0 aliphatic carbocycles. The molecule has 0 radical (unpaired) electrons. The first-order valence-electron chi connectivity index (χ1n) is 9.39. The predicted molar refractivity (Wildman–Crippen MR) is 118 cm³/mol. The molecule has 0 aliphatic heterocycles. The number of fused-ring (bicyclic) bond motifs is 2. The number of nitrogen functional groups attached to an aromatic ring is 1. The van der Waals surface area contributed by atoms with Gasteiger partial charge in [-0.1, -0.05) is 35.1 Å². The normalized spacial score (nSPS) is 11.0. The molecule has 0 aliphatic rings. The van der Waals surface area contributed by atoms with Crippen LogP contribution in [0.25, 0.3) is 11.0 Å². The van der Waals surface area contributed by atoms with Crippen molar-refractivity contribution in [1.82, 2.24) is 29.2 Å². The Hall–Kier alpha value is -3.16. The summed E-state index contributed by atoms with van der Waals surface area (Å²) in [6, 6.07) is 7.76. The van der Waals surface area contributed by atoms with Crippen LogP contribution in [0.2, 0.25) is 0 Å². The highest BCUT2D eigenvalue weighted by Crippen LogP contribution is 2.20. The third-order valence-electron chi connectivity index (χ3n) is 4.52. The topological polar surface area (TPSA) is 106 Å². The second-order valence-electron chi connectivity index (χ2n) is 7.50. The predicted octanol–water partition coefficient (Wildman–Crippen LogP) is 3.83. The molecule has 0 aromatic carbocycles. The van der Waals surface area contributed by atoms with Gasteiger partial charge in [0.15, 0.2) is 5.82 Å². The zero-order chi connectivity index (χ0) is 20.6. The van der Waals surface area contributed by atoms with Gasteiger partial charge >= 0.3 is 0 Å². The maximum Gasteiger partial charge on any atom is 0.275 e. The number of anilines is 1. The van der Waals surface area contributed by atoms with Crippen LogP contribution in [0.3, 0.4) is 0 Å². The Bertz CT molecular complexity index is 1180. The quantitative estimate of drug-likeness (QED) is 0.534. The Kier molecular flexibility index (Phi) is 6.46. The molecule has 0 saturated carbocycles. The molecular weight excluding hydrogens is 366 g/mol. The monoisotopic (exact) mass is 397 g/mol. The van der Waals surface area contributed by atoms with Crippen LogP contribution in [-0.4, -0.2) is 29.2 Å². The summed E-state index contributed by atoms with van der Waals surface area (Å²) in [5.41, 5.74) is 9.45. The number of hydrogen-bond acceptors (Lipinski definition) is 5. The van der Waals surface area contributed by atoms with Crippen LogP contribution in [0.1, 0.15) is 70.0 Å².